The number of amides is 1. The zero-order valence-electron chi connectivity index (χ0n) is 19.1. The average Bonchev–Trinajstić information content (AvgIpc) is 3.35. The molecule has 4 rings (SSSR count). The number of nitrogens with zero attached hydrogens (tertiary/aromatic N) is 3. The van der Waals surface area contributed by atoms with Gasteiger partial charge in [-0.1, -0.05) is 38.0 Å². The molecule has 1 aromatic carbocycles. The predicted octanol–water partition coefficient (Wildman–Crippen LogP) is 3.51. The number of rotatable bonds is 6. The largest absolute Gasteiger partial charge is 0.392 e. The van der Waals surface area contributed by atoms with Crippen LogP contribution in [0.5, 0.6) is 0 Å². The SMILES string of the molecule is CCNC(=NCC1(C)CCCCC1O)N1CC(CCN2CCCC2=O)c2ccccc21. The molecule has 2 fully saturated rings. The Morgan fingerprint density at radius 1 is 1.29 bits per heavy atom. The minimum atomic E-state index is -0.274. The molecule has 6 heteroatoms. The second-order valence-electron chi connectivity index (χ2n) is 9.73. The van der Waals surface area contributed by atoms with Crippen LogP contribution in [-0.4, -0.2) is 60.7 Å². The van der Waals surface area contributed by atoms with Crippen molar-refractivity contribution in [2.75, 3.05) is 37.6 Å². The van der Waals surface area contributed by atoms with Crippen molar-refractivity contribution < 1.29 is 9.90 Å². The van der Waals surface area contributed by atoms with Crippen molar-refractivity contribution >= 4 is 17.6 Å². The molecule has 170 valence electrons. The fourth-order valence-corrected chi connectivity index (χ4v) is 5.41. The minimum Gasteiger partial charge on any atom is -0.392 e. The first kappa shape index (κ1) is 22.1. The standard InChI is InChI=1S/C25H38N4O2/c1-3-26-24(27-18-25(2)14-7-6-11-22(25)30)29-17-19(20-9-4-5-10-21(20)29)13-16-28-15-8-12-23(28)31/h4-5,9-10,19,22,30H,3,6-8,11-18H2,1-2H3,(H,26,27). The van der Waals surface area contributed by atoms with Gasteiger partial charge in [-0.05, 0) is 44.2 Å². The number of guanidine groups is 1. The van der Waals surface area contributed by atoms with Crippen molar-refractivity contribution in [3.63, 3.8) is 0 Å². The highest BCUT2D eigenvalue weighted by Crippen LogP contribution is 2.39. The van der Waals surface area contributed by atoms with Crippen LogP contribution in [-0.2, 0) is 4.79 Å². The zero-order chi connectivity index (χ0) is 21.8. The third-order valence-electron chi connectivity index (χ3n) is 7.45. The molecule has 1 aliphatic carbocycles. The van der Waals surface area contributed by atoms with E-state index in [0.29, 0.717) is 24.8 Å². The topological polar surface area (TPSA) is 68.2 Å². The second-order valence-corrected chi connectivity index (χ2v) is 9.73. The first-order valence-electron chi connectivity index (χ1n) is 12.1. The molecule has 3 unspecified atom stereocenters. The summed E-state index contributed by atoms with van der Waals surface area (Å²) in [4.78, 5) is 21.4. The maximum absolute atomic E-state index is 12.0. The number of hydrogen-bond acceptors (Lipinski definition) is 3. The van der Waals surface area contributed by atoms with Gasteiger partial charge in [0, 0.05) is 49.6 Å². The van der Waals surface area contributed by atoms with Gasteiger partial charge in [0.25, 0.3) is 0 Å². The molecule has 0 aromatic heterocycles. The smallest absolute Gasteiger partial charge is 0.222 e. The number of fused-ring (bicyclic) bond motifs is 1. The lowest BCUT2D eigenvalue weighted by atomic mass is 9.73. The van der Waals surface area contributed by atoms with E-state index in [-0.39, 0.29) is 11.5 Å². The van der Waals surface area contributed by atoms with E-state index in [9.17, 15) is 9.90 Å². The first-order valence-corrected chi connectivity index (χ1v) is 12.1. The van der Waals surface area contributed by atoms with Crippen LogP contribution < -0.4 is 10.2 Å². The maximum atomic E-state index is 12.0. The van der Waals surface area contributed by atoms with Gasteiger partial charge in [0.15, 0.2) is 5.96 Å². The molecular formula is C25H38N4O2. The number of likely N-dealkylation sites (tertiary alicyclic amines) is 1. The summed E-state index contributed by atoms with van der Waals surface area (Å²) in [5.41, 5.74) is 2.42. The molecule has 6 nitrogen and oxygen atoms in total. The van der Waals surface area contributed by atoms with Gasteiger partial charge in [-0.15, -0.1) is 0 Å². The molecule has 3 atom stereocenters. The Labute approximate surface area is 186 Å². The van der Waals surface area contributed by atoms with Crippen molar-refractivity contribution in [3.8, 4) is 0 Å². The van der Waals surface area contributed by atoms with Gasteiger partial charge in [-0.3, -0.25) is 9.79 Å². The number of para-hydroxylation sites is 1. The van der Waals surface area contributed by atoms with Gasteiger partial charge < -0.3 is 20.2 Å². The lowest BCUT2D eigenvalue weighted by Gasteiger charge is -2.37. The molecule has 2 aliphatic heterocycles. The van der Waals surface area contributed by atoms with E-state index in [1.807, 2.05) is 4.90 Å². The number of aliphatic hydroxyl groups excluding tert-OH is 1. The van der Waals surface area contributed by atoms with Crippen LogP contribution in [0, 0.1) is 5.41 Å². The summed E-state index contributed by atoms with van der Waals surface area (Å²) in [6.07, 6.45) is 6.60. The molecule has 1 saturated carbocycles. The molecule has 1 amide bonds. The fourth-order valence-electron chi connectivity index (χ4n) is 5.41. The van der Waals surface area contributed by atoms with Crippen LogP contribution >= 0.6 is 0 Å². The Balaban J connectivity index is 1.51. The molecule has 2 N–H and O–H groups in total. The molecule has 3 aliphatic rings. The summed E-state index contributed by atoms with van der Waals surface area (Å²) in [6.45, 7) is 8.35. The molecule has 31 heavy (non-hydrogen) atoms. The summed E-state index contributed by atoms with van der Waals surface area (Å²) in [6, 6.07) is 8.61. The molecule has 0 spiro atoms. The number of nitrogens with one attached hydrogen (secondary N) is 1. The van der Waals surface area contributed by atoms with Gasteiger partial charge in [-0.2, -0.15) is 0 Å². The minimum absolute atomic E-state index is 0.145. The van der Waals surface area contributed by atoms with Gasteiger partial charge in [0.1, 0.15) is 0 Å². The summed E-state index contributed by atoms with van der Waals surface area (Å²) >= 11 is 0. The monoisotopic (exact) mass is 426 g/mol. The molecule has 1 aromatic rings. The van der Waals surface area contributed by atoms with Crippen LogP contribution in [0.15, 0.2) is 29.3 Å². The fraction of sp³-hybridized carbons (Fsp3) is 0.680. The van der Waals surface area contributed by atoms with Crippen LogP contribution in [0.2, 0.25) is 0 Å². The van der Waals surface area contributed by atoms with E-state index in [0.717, 1.165) is 64.2 Å². The number of carbonyl (C=O) groups excluding carboxylic acids is 1. The van der Waals surface area contributed by atoms with E-state index in [4.69, 9.17) is 4.99 Å². The number of benzene rings is 1. The number of hydrogen-bond donors (Lipinski definition) is 2. The molecule has 2 heterocycles. The first-order chi connectivity index (χ1) is 15.0. The van der Waals surface area contributed by atoms with E-state index in [1.54, 1.807) is 0 Å². The Bertz CT molecular complexity index is 810. The number of carbonyl (C=O) groups is 1. The summed E-state index contributed by atoms with van der Waals surface area (Å²) < 4.78 is 0. The molecule has 1 saturated heterocycles. The van der Waals surface area contributed by atoms with Crippen molar-refractivity contribution in [2.45, 2.75) is 70.8 Å². The lowest BCUT2D eigenvalue weighted by molar-refractivity contribution is -0.127. The van der Waals surface area contributed by atoms with E-state index < -0.39 is 0 Å². The van der Waals surface area contributed by atoms with Crippen molar-refractivity contribution in [3.05, 3.63) is 29.8 Å². The van der Waals surface area contributed by atoms with Gasteiger partial charge >= 0.3 is 0 Å². The quantitative estimate of drug-likeness (QED) is 0.540. The molecule has 0 bridgehead atoms. The Hall–Kier alpha value is -2.08. The summed E-state index contributed by atoms with van der Waals surface area (Å²) in [7, 11) is 0. The number of aliphatic imine (C=N–C) groups is 1. The maximum Gasteiger partial charge on any atom is 0.222 e. The Kier molecular flexibility index (Phi) is 6.85. The van der Waals surface area contributed by atoms with Gasteiger partial charge in [-0.25, -0.2) is 0 Å². The van der Waals surface area contributed by atoms with Crippen LogP contribution in [0.4, 0.5) is 5.69 Å². The summed E-state index contributed by atoms with van der Waals surface area (Å²) in [5, 5.41) is 14.1. The van der Waals surface area contributed by atoms with Gasteiger partial charge in [0.2, 0.25) is 5.91 Å². The van der Waals surface area contributed by atoms with E-state index >= 15 is 0 Å². The highest BCUT2D eigenvalue weighted by Gasteiger charge is 2.36. The van der Waals surface area contributed by atoms with E-state index in [1.165, 1.54) is 17.7 Å². The van der Waals surface area contributed by atoms with Crippen molar-refractivity contribution in [1.29, 1.82) is 0 Å². The number of anilines is 1. The zero-order valence-corrected chi connectivity index (χ0v) is 19.1. The van der Waals surface area contributed by atoms with Crippen molar-refractivity contribution in [2.24, 2.45) is 10.4 Å². The van der Waals surface area contributed by atoms with Gasteiger partial charge in [0.05, 0.1) is 12.6 Å². The van der Waals surface area contributed by atoms with Crippen LogP contribution in [0.3, 0.4) is 0 Å². The van der Waals surface area contributed by atoms with Crippen LogP contribution in [0.1, 0.15) is 70.3 Å². The Morgan fingerprint density at radius 3 is 2.87 bits per heavy atom. The van der Waals surface area contributed by atoms with Crippen LogP contribution in [0.25, 0.3) is 0 Å². The lowest BCUT2D eigenvalue weighted by Crippen LogP contribution is -2.43. The third kappa shape index (κ3) is 4.74. The van der Waals surface area contributed by atoms with E-state index in [2.05, 4.69) is 48.3 Å². The predicted molar refractivity (Wildman–Crippen MR) is 126 cm³/mol. The highest BCUT2D eigenvalue weighted by molar-refractivity contribution is 5.98. The molecular weight excluding hydrogens is 388 g/mol. The number of aliphatic hydroxyl groups is 1. The van der Waals surface area contributed by atoms with Crippen molar-refractivity contribution in [1.82, 2.24) is 10.2 Å². The summed E-state index contributed by atoms with van der Waals surface area (Å²) in [5.74, 6) is 1.61. The molecule has 0 radical (unpaired) electrons. The Morgan fingerprint density at radius 2 is 2.13 bits per heavy atom. The average molecular weight is 427 g/mol. The normalized spacial score (nSPS) is 28.9. The third-order valence-corrected chi connectivity index (χ3v) is 7.45. The highest BCUT2D eigenvalue weighted by atomic mass is 16.3. The second kappa shape index (κ2) is 9.60.